The summed E-state index contributed by atoms with van der Waals surface area (Å²) >= 11 is 0. The number of carbonyl (C=O) groups excluding carboxylic acids is 1. The third kappa shape index (κ3) is 5.21. The molecule has 0 radical (unpaired) electrons. The van der Waals surface area contributed by atoms with Crippen LogP contribution in [0.15, 0.2) is 24.3 Å². The van der Waals surface area contributed by atoms with E-state index in [0.717, 1.165) is 12.8 Å². The molecule has 3 nitrogen and oxygen atoms in total. The summed E-state index contributed by atoms with van der Waals surface area (Å²) in [5, 5.41) is 12.3. The van der Waals surface area contributed by atoms with Crippen LogP contribution >= 0.6 is 0 Å². The molecule has 2 N–H and O–H groups in total. The van der Waals surface area contributed by atoms with Gasteiger partial charge in [0.15, 0.2) is 0 Å². The molecule has 1 rings (SSSR count). The quantitative estimate of drug-likeness (QED) is 0.812. The van der Waals surface area contributed by atoms with Crippen LogP contribution in [0.5, 0.6) is 5.75 Å². The molecular formula is C15H23NO2. The fraction of sp³-hybridized carbons (Fsp3) is 0.533. The Morgan fingerprint density at radius 2 is 2.00 bits per heavy atom. The van der Waals surface area contributed by atoms with Gasteiger partial charge in [-0.1, -0.05) is 32.8 Å². The van der Waals surface area contributed by atoms with Crippen molar-refractivity contribution in [2.45, 2.75) is 46.1 Å². The fourth-order valence-electron chi connectivity index (χ4n) is 1.86. The predicted octanol–water partition coefficient (Wildman–Crippen LogP) is 3.34. The lowest BCUT2D eigenvalue weighted by Crippen LogP contribution is -2.32. The largest absolute Gasteiger partial charge is 0.508 e. The SMILES string of the molecule is CC(C)CCCC(C)NC(=O)c1cccc(O)c1. The molecule has 1 amide bonds. The van der Waals surface area contributed by atoms with Crippen molar-refractivity contribution in [1.29, 1.82) is 0 Å². The Morgan fingerprint density at radius 3 is 2.61 bits per heavy atom. The fourth-order valence-corrected chi connectivity index (χ4v) is 1.86. The lowest BCUT2D eigenvalue weighted by molar-refractivity contribution is 0.0937. The Hall–Kier alpha value is -1.51. The van der Waals surface area contributed by atoms with E-state index in [0.29, 0.717) is 11.5 Å². The highest BCUT2D eigenvalue weighted by molar-refractivity contribution is 5.94. The van der Waals surface area contributed by atoms with E-state index in [-0.39, 0.29) is 17.7 Å². The van der Waals surface area contributed by atoms with Crippen LogP contribution in [-0.4, -0.2) is 17.1 Å². The van der Waals surface area contributed by atoms with Crippen LogP contribution in [0.1, 0.15) is 50.4 Å². The summed E-state index contributed by atoms with van der Waals surface area (Å²) in [6, 6.07) is 6.58. The van der Waals surface area contributed by atoms with Crippen LogP contribution in [0.4, 0.5) is 0 Å². The van der Waals surface area contributed by atoms with E-state index >= 15 is 0 Å². The molecule has 0 heterocycles. The maximum atomic E-state index is 11.9. The number of carbonyl (C=O) groups is 1. The van der Waals surface area contributed by atoms with E-state index < -0.39 is 0 Å². The van der Waals surface area contributed by atoms with Gasteiger partial charge in [0.2, 0.25) is 0 Å². The molecule has 1 atom stereocenters. The Kier molecular flexibility index (Phi) is 5.69. The first-order valence-corrected chi connectivity index (χ1v) is 6.59. The van der Waals surface area contributed by atoms with Crippen molar-refractivity contribution >= 4 is 5.91 Å². The summed E-state index contributed by atoms with van der Waals surface area (Å²) in [5.41, 5.74) is 0.505. The van der Waals surface area contributed by atoms with Crippen molar-refractivity contribution in [1.82, 2.24) is 5.32 Å². The van der Waals surface area contributed by atoms with Gasteiger partial charge in [-0.2, -0.15) is 0 Å². The number of hydrogen-bond donors (Lipinski definition) is 2. The summed E-state index contributed by atoms with van der Waals surface area (Å²) in [4.78, 5) is 11.9. The first-order valence-electron chi connectivity index (χ1n) is 6.59. The van der Waals surface area contributed by atoms with Crippen LogP contribution in [0.3, 0.4) is 0 Å². The minimum Gasteiger partial charge on any atom is -0.508 e. The third-order valence-corrected chi connectivity index (χ3v) is 2.90. The smallest absolute Gasteiger partial charge is 0.251 e. The van der Waals surface area contributed by atoms with Crippen molar-refractivity contribution in [3.63, 3.8) is 0 Å². The van der Waals surface area contributed by atoms with Crippen LogP contribution in [0.25, 0.3) is 0 Å². The van der Waals surface area contributed by atoms with Crippen LogP contribution in [0.2, 0.25) is 0 Å². The summed E-state index contributed by atoms with van der Waals surface area (Å²) in [7, 11) is 0. The summed E-state index contributed by atoms with van der Waals surface area (Å²) < 4.78 is 0. The van der Waals surface area contributed by atoms with Gasteiger partial charge in [-0.15, -0.1) is 0 Å². The Balaban J connectivity index is 2.40. The Morgan fingerprint density at radius 1 is 1.28 bits per heavy atom. The van der Waals surface area contributed by atoms with Gasteiger partial charge in [0.25, 0.3) is 5.91 Å². The normalized spacial score (nSPS) is 12.4. The van der Waals surface area contributed by atoms with Crippen molar-refractivity contribution < 1.29 is 9.90 Å². The van der Waals surface area contributed by atoms with Gasteiger partial charge in [0.05, 0.1) is 0 Å². The molecule has 0 aromatic heterocycles. The van der Waals surface area contributed by atoms with E-state index in [2.05, 4.69) is 19.2 Å². The maximum absolute atomic E-state index is 11.9. The van der Waals surface area contributed by atoms with Crippen molar-refractivity contribution in [3.05, 3.63) is 29.8 Å². The van der Waals surface area contributed by atoms with Gasteiger partial charge in [-0.25, -0.2) is 0 Å². The molecule has 3 heteroatoms. The highest BCUT2D eigenvalue weighted by atomic mass is 16.3. The minimum absolute atomic E-state index is 0.120. The summed E-state index contributed by atoms with van der Waals surface area (Å²) in [5.74, 6) is 0.706. The van der Waals surface area contributed by atoms with E-state index in [1.165, 1.54) is 12.5 Å². The van der Waals surface area contributed by atoms with E-state index in [1.807, 2.05) is 6.92 Å². The lowest BCUT2D eigenvalue weighted by atomic mass is 10.0. The second kappa shape index (κ2) is 7.04. The molecule has 1 aromatic carbocycles. The van der Waals surface area contributed by atoms with Crippen molar-refractivity contribution in [2.24, 2.45) is 5.92 Å². The number of hydrogen-bond acceptors (Lipinski definition) is 2. The molecule has 0 bridgehead atoms. The van der Waals surface area contributed by atoms with Gasteiger partial charge >= 0.3 is 0 Å². The highest BCUT2D eigenvalue weighted by Gasteiger charge is 2.10. The van der Waals surface area contributed by atoms with E-state index in [1.54, 1.807) is 18.2 Å². The maximum Gasteiger partial charge on any atom is 0.251 e. The molecule has 0 aliphatic heterocycles. The van der Waals surface area contributed by atoms with E-state index in [4.69, 9.17) is 0 Å². The van der Waals surface area contributed by atoms with Gasteiger partial charge in [-0.05, 0) is 37.5 Å². The third-order valence-electron chi connectivity index (χ3n) is 2.90. The van der Waals surface area contributed by atoms with Gasteiger partial charge in [-0.3, -0.25) is 4.79 Å². The predicted molar refractivity (Wildman–Crippen MR) is 73.7 cm³/mol. The summed E-state index contributed by atoms with van der Waals surface area (Å²) in [6.45, 7) is 6.42. The zero-order chi connectivity index (χ0) is 13.5. The second-order valence-electron chi connectivity index (χ2n) is 5.25. The summed E-state index contributed by atoms with van der Waals surface area (Å²) in [6.07, 6.45) is 3.30. The second-order valence-corrected chi connectivity index (χ2v) is 5.25. The number of aromatic hydroxyl groups is 1. The molecule has 100 valence electrons. The van der Waals surface area contributed by atoms with Gasteiger partial charge in [0.1, 0.15) is 5.75 Å². The minimum atomic E-state index is -0.122. The number of phenols is 1. The zero-order valence-electron chi connectivity index (χ0n) is 11.4. The topological polar surface area (TPSA) is 49.3 Å². The molecule has 0 fully saturated rings. The molecule has 0 spiro atoms. The molecular weight excluding hydrogens is 226 g/mol. The molecule has 1 unspecified atom stereocenters. The average Bonchev–Trinajstić information content (AvgIpc) is 2.28. The van der Waals surface area contributed by atoms with Gasteiger partial charge < -0.3 is 10.4 Å². The Labute approximate surface area is 109 Å². The van der Waals surface area contributed by atoms with Crippen LogP contribution in [-0.2, 0) is 0 Å². The molecule has 18 heavy (non-hydrogen) atoms. The monoisotopic (exact) mass is 249 g/mol. The molecule has 0 aliphatic carbocycles. The number of phenolic OH excluding ortho intramolecular Hbond substituents is 1. The highest BCUT2D eigenvalue weighted by Crippen LogP contribution is 2.12. The van der Waals surface area contributed by atoms with Crippen LogP contribution < -0.4 is 5.32 Å². The van der Waals surface area contributed by atoms with Gasteiger partial charge in [0, 0.05) is 11.6 Å². The Bertz CT molecular complexity index is 388. The molecule has 0 aliphatic rings. The average molecular weight is 249 g/mol. The first-order chi connectivity index (χ1) is 8.49. The standard InChI is InChI=1S/C15H23NO2/c1-11(2)6-4-7-12(3)16-15(18)13-8-5-9-14(17)10-13/h5,8-12,17H,4,6-7H2,1-3H3,(H,16,18). The molecule has 1 aromatic rings. The number of rotatable bonds is 6. The number of nitrogens with one attached hydrogen (secondary N) is 1. The zero-order valence-corrected chi connectivity index (χ0v) is 11.4. The van der Waals surface area contributed by atoms with Crippen LogP contribution in [0, 0.1) is 5.92 Å². The van der Waals surface area contributed by atoms with E-state index in [9.17, 15) is 9.90 Å². The van der Waals surface area contributed by atoms with Crippen molar-refractivity contribution in [2.75, 3.05) is 0 Å². The molecule has 0 saturated heterocycles. The molecule has 0 saturated carbocycles. The number of benzene rings is 1. The first kappa shape index (κ1) is 14.6. The number of amides is 1. The lowest BCUT2D eigenvalue weighted by Gasteiger charge is -2.14. The van der Waals surface area contributed by atoms with Crippen molar-refractivity contribution in [3.8, 4) is 5.75 Å².